The highest BCUT2D eigenvalue weighted by atomic mass is 16.6. The highest BCUT2D eigenvalue weighted by Crippen LogP contribution is 2.26. The molecule has 0 radical (unpaired) electrons. The van der Waals surface area contributed by atoms with Crippen LogP contribution in [0.25, 0.3) is 0 Å². The van der Waals surface area contributed by atoms with Gasteiger partial charge in [0.15, 0.2) is 0 Å². The second-order valence-electron chi connectivity index (χ2n) is 15.2. The molecule has 2 rings (SSSR count). The van der Waals surface area contributed by atoms with Gasteiger partial charge in [-0.3, -0.25) is 29.0 Å². The largest absolute Gasteiger partial charge is 0.459 e. The summed E-state index contributed by atoms with van der Waals surface area (Å²) in [6, 6.07) is -1.55. The van der Waals surface area contributed by atoms with Crippen molar-refractivity contribution < 1.29 is 38.1 Å². The van der Waals surface area contributed by atoms with Crippen LogP contribution in [0.5, 0.6) is 0 Å². The molecular formula is C30H53N3O8. The average Bonchev–Trinajstić information content (AvgIpc) is 3.26. The van der Waals surface area contributed by atoms with Crippen LogP contribution in [0.15, 0.2) is 0 Å². The molecule has 11 heteroatoms. The summed E-state index contributed by atoms with van der Waals surface area (Å²) in [6.45, 7) is 22.4. The minimum atomic E-state index is -0.672. The van der Waals surface area contributed by atoms with Gasteiger partial charge in [0.1, 0.15) is 34.5 Å². The molecule has 0 bridgehead atoms. The minimum absolute atomic E-state index is 0.0463. The summed E-state index contributed by atoms with van der Waals surface area (Å²) >= 11 is 0. The van der Waals surface area contributed by atoms with Crippen LogP contribution in [0.3, 0.4) is 0 Å². The molecule has 236 valence electrons. The van der Waals surface area contributed by atoms with E-state index in [0.717, 1.165) is 0 Å². The molecule has 0 aliphatic carbocycles. The maximum atomic E-state index is 13.1. The lowest BCUT2D eigenvalue weighted by atomic mass is 10.1. The first-order valence-corrected chi connectivity index (χ1v) is 14.5. The van der Waals surface area contributed by atoms with E-state index >= 15 is 0 Å². The zero-order valence-corrected chi connectivity index (χ0v) is 27.2. The maximum absolute atomic E-state index is 13.1. The summed E-state index contributed by atoms with van der Waals surface area (Å²) in [6.07, 6.45) is 0.856. The van der Waals surface area contributed by atoms with E-state index in [1.165, 1.54) is 0 Å². The SMILES string of the molecule is CC(C)(C)OC(=O)CN1C[C@H](N[C@H]2C[C@@H](C(=O)OC(C)(C)C)N(CC(=O)OC(C)(C)C)C2)C[C@H]1C(=O)OC(C)(C)C. The number of carbonyl (C=O) groups is 4. The van der Waals surface area contributed by atoms with E-state index in [0.29, 0.717) is 25.9 Å². The summed E-state index contributed by atoms with van der Waals surface area (Å²) in [7, 11) is 0. The quantitative estimate of drug-likeness (QED) is 0.335. The molecule has 11 nitrogen and oxygen atoms in total. The number of likely N-dealkylation sites (tertiary alicyclic amines) is 2. The van der Waals surface area contributed by atoms with Crippen molar-refractivity contribution in [1.82, 2.24) is 15.1 Å². The molecule has 0 amide bonds. The van der Waals surface area contributed by atoms with Gasteiger partial charge in [-0.15, -0.1) is 0 Å². The third-order valence-electron chi connectivity index (χ3n) is 6.14. The van der Waals surface area contributed by atoms with Crippen molar-refractivity contribution in [2.24, 2.45) is 0 Å². The fraction of sp³-hybridized carbons (Fsp3) is 0.867. The average molecular weight is 584 g/mol. The summed E-state index contributed by atoms with van der Waals surface area (Å²) in [5, 5.41) is 3.57. The molecule has 2 aliphatic heterocycles. The Morgan fingerprint density at radius 3 is 1.12 bits per heavy atom. The van der Waals surface area contributed by atoms with Crippen LogP contribution in [0.4, 0.5) is 0 Å². The van der Waals surface area contributed by atoms with E-state index in [1.807, 2.05) is 41.5 Å². The summed E-state index contributed by atoms with van der Waals surface area (Å²) < 4.78 is 22.3. The molecule has 0 aromatic carbocycles. The van der Waals surface area contributed by atoms with Gasteiger partial charge in [0.05, 0.1) is 13.1 Å². The number of nitrogens with one attached hydrogen (secondary N) is 1. The lowest BCUT2D eigenvalue weighted by Crippen LogP contribution is -2.45. The summed E-state index contributed by atoms with van der Waals surface area (Å²) in [5.74, 6) is -1.62. The fourth-order valence-corrected chi connectivity index (χ4v) is 5.04. The maximum Gasteiger partial charge on any atom is 0.323 e. The van der Waals surface area contributed by atoms with Gasteiger partial charge in [-0.25, -0.2) is 0 Å². The van der Waals surface area contributed by atoms with E-state index in [2.05, 4.69) is 5.32 Å². The number of carbonyl (C=O) groups excluding carboxylic acids is 4. The molecular weight excluding hydrogens is 530 g/mol. The Kier molecular flexibility index (Phi) is 11.0. The van der Waals surface area contributed by atoms with Crippen LogP contribution in [0.1, 0.15) is 95.9 Å². The second-order valence-corrected chi connectivity index (χ2v) is 15.2. The first-order valence-electron chi connectivity index (χ1n) is 14.5. The van der Waals surface area contributed by atoms with Crippen molar-refractivity contribution in [2.45, 2.75) is 142 Å². The standard InChI is InChI=1S/C30H53N3O8/c1-27(2,3)38-23(34)17-32-15-19(13-21(32)25(36)40-29(7,8)9)31-20-14-22(26(37)41-30(10,11)12)33(16-20)18-24(35)39-28(4,5)6/h19-22,31H,13-18H2,1-12H3/t19-,20+,21-,22-/m0/s1. The zero-order chi connectivity index (χ0) is 31.6. The molecule has 0 aromatic heterocycles. The number of hydrogen-bond donors (Lipinski definition) is 1. The van der Waals surface area contributed by atoms with Gasteiger partial charge in [0.2, 0.25) is 0 Å². The van der Waals surface area contributed by atoms with E-state index in [9.17, 15) is 19.2 Å². The van der Waals surface area contributed by atoms with Crippen molar-refractivity contribution in [2.75, 3.05) is 26.2 Å². The van der Waals surface area contributed by atoms with Crippen molar-refractivity contribution >= 4 is 23.9 Å². The summed E-state index contributed by atoms with van der Waals surface area (Å²) in [5.41, 5.74) is -2.63. The highest BCUT2D eigenvalue weighted by molar-refractivity contribution is 5.79. The second kappa shape index (κ2) is 13.0. The van der Waals surface area contributed by atoms with E-state index in [-0.39, 0.29) is 25.2 Å². The first-order chi connectivity index (χ1) is 18.4. The Labute approximate surface area is 245 Å². The molecule has 0 saturated carbocycles. The molecule has 4 atom stereocenters. The minimum Gasteiger partial charge on any atom is -0.459 e. The first kappa shape index (κ1) is 35.0. The van der Waals surface area contributed by atoms with E-state index < -0.39 is 58.4 Å². The van der Waals surface area contributed by atoms with Gasteiger partial charge in [0, 0.05) is 25.2 Å². The van der Waals surface area contributed by atoms with Crippen LogP contribution in [0.2, 0.25) is 0 Å². The molecule has 41 heavy (non-hydrogen) atoms. The highest BCUT2D eigenvalue weighted by Gasteiger charge is 2.45. The lowest BCUT2D eigenvalue weighted by molar-refractivity contribution is -0.165. The van der Waals surface area contributed by atoms with Gasteiger partial charge in [-0.05, 0) is 95.9 Å². The summed E-state index contributed by atoms with van der Waals surface area (Å²) in [4.78, 5) is 55.1. The molecule has 2 aliphatic rings. The number of hydrogen-bond acceptors (Lipinski definition) is 11. The number of nitrogens with zero attached hydrogens (tertiary/aromatic N) is 2. The Balaban J connectivity index is 2.18. The van der Waals surface area contributed by atoms with Gasteiger partial charge >= 0.3 is 23.9 Å². The Hall–Kier alpha value is -2.24. The van der Waals surface area contributed by atoms with Crippen molar-refractivity contribution in [3.8, 4) is 0 Å². The van der Waals surface area contributed by atoms with Crippen molar-refractivity contribution in [1.29, 1.82) is 0 Å². The third kappa shape index (κ3) is 12.7. The fourth-order valence-electron chi connectivity index (χ4n) is 5.04. The van der Waals surface area contributed by atoms with Crippen LogP contribution >= 0.6 is 0 Å². The van der Waals surface area contributed by atoms with E-state index in [1.54, 1.807) is 51.3 Å². The Morgan fingerprint density at radius 2 is 0.854 bits per heavy atom. The van der Waals surface area contributed by atoms with E-state index in [4.69, 9.17) is 18.9 Å². The molecule has 2 heterocycles. The van der Waals surface area contributed by atoms with Crippen LogP contribution in [-0.4, -0.2) is 106 Å². The Morgan fingerprint density at radius 1 is 0.561 bits per heavy atom. The van der Waals surface area contributed by atoms with Gasteiger partial charge in [-0.1, -0.05) is 0 Å². The molecule has 0 aromatic rings. The smallest absolute Gasteiger partial charge is 0.323 e. The molecule has 2 saturated heterocycles. The van der Waals surface area contributed by atoms with Gasteiger partial charge in [-0.2, -0.15) is 0 Å². The zero-order valence-electron chi connectivity index (χ0n) is 27.2. The Bertz CT molecular complexity index is 879. The van der Waals surface area contributed by atoms with Crippen LogP contribution < -0.4 is 5.32 Å². The van der Waals surface area contributed by atoms with Crippen LogP contribution in [0, 0.1) is 0 Å². The van der Waals surface area contributed by atoms with Crippen molar-refractivity contribution in [3.05, 3.63) is 0 Å². The monoisotopic (exact) mass is 583 g/mol. The number of ether oxygens (including phenoxy) is 4. The molecule has 1 N–H and O–H groups in total. The van der Waals surface area contributed by atoms with Crippen molar-refractivity contribution in [3.63, 3.8) is 0 Å². The normalized spacial score (nSPS) is 24.7. The molecule has 0 spiro atoms. The predicted octanol–water partition coefficient (Wildman–Crippen LogP) is 2.83. The van der Waals surface area contributed by atoms with Crippen LogP contribution in [-0.2, 0) is 38.1 Å². The molecule has 0 unspecified atom stereocenters. The third-order valence-corrected chi connectivity index (χ3v) is 6.14. The molecule has 2 fully saturated rings. The predicted molar refractivity (Wildman–Crippen MR) is 154 cm³/mol. The number of esters is 4. The van der Waals surface area contributed by atoms with Gasteiger partial charge in [0.25, 0.3) is 0 Å². The lowest BCUT2D eigenvalue weighted by Gasteiger charge is -2.27. The van der Waals surface area contributed by atoms with Gasteiger partial charge < -0.3 is 24.3 Å². The number of rotatable bonds is 8. The topological polar surface area (TPSA) is 124 Å².